The van der Waals surface area contributed by atoms with Crippen molar-refractivity contribution < 1.29 is 9.84 Å². The summed E-state index contributed by atoms with van der Waals surface area (Å²) in [5, 5.41) is 11.2. The SMILES string of the molecule is COc1ccc2[nH]c3c(c2c1)CCN1CC2CC(CO)C1C3C2. The van der Waals surface area contributed by atoms with Crippen molar-refractivity contribution in [2.75, 3.05) is 26.8 Å². The lowest BCUT2D eigenvalue weighted by Gasteiger charge is -2.52. The van der Waals surface area contributed by atoms with E-state index >= 15 is 0 Å². The summed E-state index contributed by atoms with van der Waals surface area (Å²) in [6, 6.07) is 6.87. The molecule has 4 heterocycles. The van der Waals surface area contributed by atoms with E-state index < -0.39 is 0 Å². The van der Waals surface area contributed by atoms with Crippen molar-refractivity contribution in [1.29, 1.82) is 0 Å². The number of aliphatic hydroxyl groups excluding tert-OH is 1. The Hall–Kier alpha value is -1.52. The molecule has 2 aromatic rings. The molecule has 2 saturated heterocycles. The van der Waals surface area contributed by atoms with Gasteiger partial charge < -0.3 is 14.8 Å². The molecule has 3 aliphatic heterocycles. The minimum absolute atomic E-state index is 0.331. The number of benzene rings is 1. The number of piperidine rings is 2. The van der Waals surface area contributed by atoms with E-state index in [9.17, 15) is 5.11 Å². The number of hydrogen-bond acceptors (Lipinski definition) is 3. The summed E-state index contributed by atoms with van der Waals surface area (Å²) in [5.74, 6) is 2.67. The zero-order valence-corrected chi connectivity index (χ0v) is 13.6. The molecule has 5 unspecified atom stereocenters. The Kier molecular flexibility index (Phi) is 3.01. The standard InChI is InChI=1S/C19H24N2O2/c1-23-13-2-3-17-15(8-13)14-4-5-21-9-11-6-12(10-22)19(21)16(7-11)18(14)20-17/h2-3,8,11-12,16,19-20,22H,4-7,9-10H2,1H3. The van der Waals surface area contributed by atoms with Crippen LogP contribution < -0.4 is 4.74 Å². The smallest absolute Gasteiger partial charge is 0.119 e. The highest BCUT2D eigenvalue weighted by Crippen LogP contribution is 2.50. The summed E-state index contributed by atoms with van der Waals surface area (Å²) in [4.78, 5) is 6.38. The molecule has 0 amide bonds. The highest BCUT2D eigenvalue weighted by Gasteiger charge is 2.49. The van der Waals surface area contributed by atoms with Gasteiger partial charge in [0, 0.05) is 48.3 Å². The van der Waals surface area contributed by atoms with E-state index in [0.29, 0.717) is 24.5 Å². The Morgan fingerprint density at radius 3 is 3.09 bits per heavy atom. The number of aromatic nitrogens is 1. The fourth-order valence-electron chi connectivity index (χ4n) is 5.57. The number of aliphatic hydroxyl groups is 1. The van der Waals surface area contributed by atoms with Crippen molar-refractivity contribution >= 4 is 10.9 Å². The molecule has 4 nitrogen and oxygen atoms in total. The lowest BCUT2D eigenvalue weighted by atomic mass is 9.66. The molecular weight excluding hydrogens is 288 g/mol. The molecule has 23 heavy (non-hydrogen) atoms. The molecule has 2 N–H and O–H groups in total. The van der Waals surface area contributed by atoms with E-state index in [1.54, 1.807) is 7.11 Å². The van der Waals surface area contributed by atoms with Gasteiger partial charge in [0.1, 0.15) is 5.75 Å². The van der Waals surface area contributed by atoms with Crippen molar-refractivity contribution in [2.24, 2.45) is 11.8 Å². The molecular formula is C19H24N2O2. The zero-order chi connectivity index (χ0) is 15.6. The van der Waals surface area contributed by atoms with Crippen LogP contribution in [0.25, 0.3) is 10.9 Å². The lowest BCUT2D eigenvalue weighted by Crippen LogP contribution is -2.57. The van der Waals surface area contributed by atoms with Crippen LogP contribution in [0.4, 0.5) is 0 Å². The molecule has 6 rings (SSSR count). The maximum Gasteiger partial charge on any atom is 0.119 e. The molecule has 4 aliphatic rings. The average molecular weight is 312 g/mol. The molecule has 0 spiro atoms. The van der Waals surface area contributed by atoms with Gasteiger partial charge in [-0.25, -0.2) is 0 Å². The van der Waals surface area contributed by atoms with Crippen LogP contribution in [0.1, 0.15) is 30.0 Å². The Morgan fingerprint density at radius 1 is 1.35 bits per heavy atom. The van der Waals surface area contributed by atoms with Crippen LogP contribution in [-0.4, -0.2) is 47.8 Å². The number of H-pyrrole nitrogens is 1. The van der Waals surface area contributed by atoms with Crippen LogP contribution in [0.3, 0.4) is 0 Å². The van der Waals surface area contributed by atoms with Crippen molar-refractivity contribution in [1.82, 2.24) is 9.88 Å². The van der Waals surface area contributed by atoms with E-state index in [-0.39, 0.29) is 0 Å². The van der Waals surface area contributed by atoms with Crippen molar-refractivity contribution in [3.63, 3.8) is 0 Å². The Labute approximate surface area is 136 Å². The van der Waals surface area contributed by atoms with Crippen LogP contribution in [0.5, 0.6) is 5.75 Å². The van der Waals surface area contributed by atoms with Gasteiger partial charge in [-0.1, -0.05) is 0 Å². The van der Waals surface area contributed by atoms with Crippen LogP contribution >= 0.6 is 0 Å². The molecule has 3 fully saturated rings. The van der Waals surface area contributed by atoms with Gasteiger partial charge in [0.25, 0.3) is 0 Å². The predicted molar refractivity (Wildman–Crippen MR) is 90.0 cm³/mol. The number of aromatic amines is 1. The summed E-state index contributed by atoms with van der Waals surface area (Å²) in [6.45, 7) is 2.67. The van der Waals surface area contributed by atoms with E-state index in [0.717, 1.165) is 24.6 Å². The molecule has 4 bridgehead atoms. The van der Waals surface area contributed by atoms with Crippen LogP contribution in [0.2, 0.25) is 0 Å². The fraction of sp³-hybridized carbons (Fsp3) is 0.579. The second-order valence-corrected chi connectivity index (χ2v) is 7.55. The third-order valence-electron chi connectivity index (χ3n) is 6.43. The van der Waals surface area contributed by atoms with Gasteiger partial charge in [0.2, 0.25) is 0 Å². The third-order valence-corrected chi connectivity index (χ3v) is 6.43. The highest BCUT2D eigenvalue weighted by atomic mass is 16.5. The molecule has 1 aromatic carbocycles. The van der Waals surface area contributed by atoms with E-state index in [1.165, 1.54) is 41.5 Å². The number of nitrogens with zero attached hydrogens (tertiary/aromatic N) is 1. The fourth-order valence-corrected chi connectivity index (χ4v) is 5.57. The van der Waals surface area contributed by atoms with E-state index in [4.69, 9.17) is 4.74 Å². The number of ether oxygens (including phenoxy) is 1. The van der Waals surface area contributed by atoms with Gasteiger partial charge >= 0.3 is 0 Å². The van der Waals surface area contributed by atoms with Gasteiger partial charge in [-0.05, 0) is 54.9 Å². The average Bonchev–Trinajstić information content (AvgIpc) is 2.92. The minimum atomic E-state index is 0.331. The van der Waals surface area contributed by atoms with Crippen LogP contribution in [-0.2, 0) is 6.42 Å². The zero-order valence-electron chi connectivity index (χ0n) is 13.6. The summed E-state index contributed by atoms with van der Waals surface area (Å²) in [5.41, 5.74) is 4.14. The molecule has 0 radical (unpaired) electrons. The number of fused-ring (bicyclic) bond motifs is 4. The number of nitrogens with one attached hydrogen (secondary N) is 1. The quantitative estimate of drug-likeness (QED) is 0.896. The number of rotatable bonds is 2. The van der Waals surface area contributed by atoms with Crippen molar-refractivity contribution in [3.8, 4) is 5.75 Å². The Morgan fingerprint density at radius 2 is 2.26 bits per heavy atom. The molecule has 1 aliphatic carbocycles. The first-order chi connectivity index (χ1) is 11.3. The van der Waals surface area contributed by atoms with Crippen LogP contribution in [0, 0.1) is 11.8 Å². The second kappa shape index (κ2) is 4.99. The largest absolute Gasteiger partial charge is 0.497 e. The monoisotopic (exact) mass is 312 g/mol. The summed E-state index contributed by atoms with van der Waals surface area (Å²) in [6.07, 6.45) is 3.58. The normalized spacial score (nSPS) is 35.1. The number of methoxy groups -OCH3 is 1. The number of hydrogen-bond donors (Lipinski definition) is 2. The van der Waals surface area contributed by atoms with Crippen molar-refractivity contribution in [2.45, 2.75) is 31.2 Å². The minimum Gasteiger partial charge on any atom is -0.497 e. The highest BCUT2D eigenvalue weighted by molar-refractivity contribution is 5.86. The Bertz CT molecular complexity index is 753. The molecule has 4 heteroatoms. The first-order valence-electron chi connectivity index (χ1n) is 8.82. The third kappa shape index (κ3) is 1.91. The summed E-state index contributed by atoms with van der Waals surface area (Å²) >= 11 is 0. The molecule has 1 saturated carbocycles. The van der Waals surface area contributed by atoms with Gasteiger partial charge in [-0.15, -0.1) is 0 Å². The first kappa shape index (κ1) is 13.9. The maximum atomic E-state index is 9.86. The molecule has 122 valence electrons. The summed E-state index contributed by atoms with van der Waals surface area (Å²) < 4.78 is 5.43. The lowest BCUT2D eigenvalue weighted by molar-refractivity contribution is -0.0320. The van der Waals surface area contributed by atoms with Gasteiger partial charge in [-0.2, -0.15) is 0 Å². The summed E-state index contributed by atoms with van der Waals surface area (Å²) in [7, 11) is 1.73. The predicted octanol–water partition coefficient (Wildman–Crippen LogP) is 2.52. The Balaban J connectivity index is 1.66. The van der Waals surface area contributed by atoms with Crippen molar-refractivity contribution in [3.05, 3.63) is 29.5 Å². The molecule has 1 aromatic heterocycles. The van der Waals surface area contributed by atoms with Gasteiger partial charge in [0.15, 0.2) is 0 Å². The second-order valence-electron chi connectivity index (χ2n) is 7.55. The first-order valence-corrected chi connectivity index (χ1v) is 8.82. The van der Waals surface area contributed by atoms with E-state index in [2.05, 4.69) is 22.0 Å². The van der Waals surface area contributed by atoms with Gasteiger partial charge in [-0.3, -0.25) is 4.90 Å². The molecule has 5 atom stereocenters. The topological polar surface area (TPSA) is 48.5 Å². The maximum absolute atomic E-state index is 9.86. The van der Waals surface area contributed by atoms with E-state index in [1.807, 2.05) is 6.07 Å². The van der Waals surface area contributed by atoms with Crippen LogP contribution in [0.15, 0.2) is 18.2 Å². The van der Waals surface area contributed by atoms with Gasteiger partial charge in [0.05, 0.1) is 7.11 Å².